The van der Waals surface area contributed by atoms with Crippen LogP contribution in [0.5, 0.6) is 0 Å². The molecule has 0 aliphatic heterocycles. The number of aromatic nitrogens is 2. The number of Topliss-reactive ketones (excluding diaryl/α,β-unsaturated/α-hetero) is 1. The number of esters is 1. The van der Waals surface area contributed by atoms with Crippen LogP contribution in [0.15, 0.2) is 9.59 Å². The Morgan fingerprint density at radius 2 is 1.86 bits per heavy atom. The third-order valence-electron chi connectivity index (χ3n) is 3.75. The van der Waals surface area contributed by atoms with E-state index in [-0.39, 0.29) is 23.2 Å². The summed E-state index contributed by atoms with van der Waals surface area (Å²) in [4.78, 5) is 47.2. The zero-order valence-electron chi connectivity index (χ0n) is 12.1. The Morgan fingerprint density at radius 1 is 1.29 bits per heavy atom. The predicted octanol–water partition coefficient (Wildman–Crippen LogP) is -0.952. The number of hydrogen-bond donors (Lipinski definition) is 1. The highest BCUT2D eigenvalue weighted by Crippen LogP contribution is 2.38. The van der Waals surface area contributed by atoms with E-state index in [2.05, 4.69) is 0 Å². The summed E-state index contributed by atoms with van der Waals surface area (Å²) in [5.41, 5.74) is 3.88. The van der Waals surface area contributed by atoms with E-state index in [9.17, 15) is 19.2 Å². The Labute approximate surface area is 120 Å². The van der Waals surface area contributed by atoms with Crippen LogP contribution in [0.4, 0.5) is 5.82 Å². The van der Waals surface area contributed by atoms with Gasteiger partial charge in [0.15, 0.2) is 6.61 Å². The average molecular weight is 295 g/mol. The van der Waals surface area contributed by atoms with Gasteiger partial charge in [-0.1, -0.05) is 6.92 Å². The maximum atomic E-state index is 12.0. The first-order chi connectivity index (χ1) is 9.75. The molecule has 0 radical (unpaired) electrons. The van der Waals surface area contributed by atoms with Crippen LogP contribution in [0.1, 0.15) is 23.7 Å². The smallest absolute Gasteiger partial charge is 0.332 e. The fourth-order valence-corrected chi connectivity index (χ4v) is 2.09. The van der Waals surface area contributed by atoms with Gasteiger partial charge in [0.1, 0.15) is 11.4 Å². The molecule has 0 spiro atoms. The molecular formula is C13H17N3O5. The van der Waals surface area contributed by atoms with Crippen molar-refractivity contribution in [2.75, 3.05) is 12.3 Å². The van der Waals surface area contributed by atoms with Gasteiger partial charge in [0.2, 0.25) is 5.78 Å². The fourth-order valence-electron chi connectivity index (χ4n) is 2.09. The Balaban J connectivity index is 2.22. The minimum Gasteiger partial charge on any atom is -0.457 e. The van der Waals surface area contributed by atoms with Crippen LogP contribution in [0.2, 0.25) is 0 Å². The number of ether oxygens (including phenoxy) is 1. The molecule has 0 amide bonds. The van der Waals surface area contributed by atoms with Crippen LogP contribution in [-0.4, -0.2) is 27.5 Å². The maximum Gasteiger partial charge on any atom is 0.332 e. The van der Waals surface area contributed by atoms with E-state index in [1.54, 1.807) is 0 Å². The molecule has 0 aromatic carbocycles. The van der Waals surface area contributed by atoms with Crippen molar-refractivity contribution in [2.45, 2.75) is 13.3 Å². The maximum absolute atomic E-state index is 12.0. The Kier molecular flexibility index (Phi) is 3.71. The highest BCUT2D eigenvalue weighted by molar-refractivity contribution is 6.01. The lowest BCUT2D eigenvalue weighted by Crippen LogP contribution is -2.42. The zero-order chi connectivity index (χ0) is 15.9. The highest BCUT2D eigenvalue weighted by atomic mass is 16.5. The molecule has 1 saturated carbocycles. The number of carbonyl (C=O) groups excluding carboxylic acids is 2. The van der Waals surface area contributed by atoms with Crippen molar-refractivity contribution in [2.24, 2.45) is 25.9 Å². The van der Waals surface area contributed by atoms with Gasteiger partial charge in [0.05, 0.1) is 5.92 Å². The molecule has 1 aromatic heterocycles. The number of nitrogens with two attached hydrogens (primary N) is 1. The molecule has 1 aromatic rings. The zero-order valence-corrected chi connectivity index (χ0v) is 12.1. The lowest BCUT2D eigenvalue weighted by Gasteiger charge is -2.10. The van der Waals surface area contributed by atoms with Gasteiger partial charge in [0, 0.05) is 14.1 Å². The van der Waals surface area contributed by atoms with Gasteiger partial charge in [-0.15, -0.1) is 0 Å². The summed E-state index contributed by atoms with van der Waals surface area (Å²) in [6, 6.07) is 0. The normalized spacial score (nSPS) is 20.1. The number of ketones is 1. The molecule has 2 atom stereocenters. The molecule has 8 heteroatoms. The van der Waals surface area contributed by atoms with Crippen LogP contribution >= 0.6 is 0 Å². The minimum atomic E-state index is -0.795. The number of nitrogens with zero attached hydrogens (tertiary/aromatic N) is 2. The topological polar surface area (TPSA) is 113 Å². The lowest BCUT2D eigenvalue weighted by molar-refractivity contribution is -0.144. The van der Waals surface area contributed by atoms with E-state index in [0.717, 1.165) is 15.6 Å². The molecule has 2 N–H and O–H groups in total. The van der Waals surface area contributed by atoms with Crippen molar-refractivity contribution >= 4 is 17.6 Å². The van der Waals surface area contributed by atoms with Crippen molar-refractivity contribution < 1.29 is 14.3 Å². The SMILES string of the molecule is C[C@@H]1C[C@@H]1C(=O)OCC(=O)c1c(N)n(C)c(=O)n(C)c1=O. The largest absolute Gasteiger partial charge is 0.457 e. The van der Waals surface area contributed by atoms with Crippen molar-refractivity contribution in [3.63, 3.8) is 0 Å². The van der Waals surface area contributed by atoms with Gasteiger partial charge in [-0.2, -0.15) is 0 Å². The van der Waals surface area contributed by atoms with E-state index in [4.69, 9.17) is 10.5 Å². The van der Waals surface area contributed by atoms with Crippen molar-refractivity contribution in [1.29, 1.82) is 0 Å². The third-order valence-corrected chi connectivity index (χ3v) is 3.75. The number of anilines is 1. The predicted molar refractivity (Wildman–Crippen MR) is 73.9 cm³/mol. The lowest BCUT2D eigenvalue weighted by atomic mass is 10.2. The molecule has 0 bridgehead atoms. The summed E-state index contributed by atoms with van der Waals surface area (Å²) in [7, 11) is 2.60. The number of rotatable bonds is 4. The van der Waals surface area contributed by atoms with Gasteiger partial charge in [-0.3, -0.25) is 23.5 Å². The van der Waals surface area contributed by atoms with Crippen molar-refractivity contribution in [3.8, 4) is 0 Å². The second kappa shape index (κ2) is 5.19. The summed E-state index contributed by atoms with van der Waals surface area (Å²) in [6.07, 6.45) is 0.747. The Hall–Kier alpha value is -2.38. The fraction of sp³-hybridized carbons (Fsp3) is 0.538. The van der Waals surface area contributed by atoms with Crippen LogP contribution in [-0.2, 0) is 23.6 Å². The third kappa shape index (κ3) is 2.61. The molecule has 0 saturated heterocycles. The quantitative estimate of drug-likeness (QED) is 0.566. The average Bonchev–Trinajstić information content (AvgIpc) is 3.17. The molecular weight excluding hydrogens is 278 g/mol. The van der Waals surface area contributed by atoms with E-state index < -0.39 is 29.6 Å². The molecule has 0 unspecified atom stereocenters. The molecule has 1 aliphatic rings. The second-order valence-electron chi connectivity index (χ2n) is 5.32. The molecule has 114 valence electrons. The summed E-state index contributed by atoms with van der Waals surface area (Å²) < 4.78 is 6.68. The monoisotopic (exact) mass is 295 g/mol. The summed E-state index contributed by atoms with van der Waals surface area (Å²) in [6.45, 7) is 1.36. The Bertz CT molecular complexity index is 731. The first-order valence-corrected chi connectivity index (χ1v) is 6.51. The van der Waals surface area contributed by atoms with E-state index in [0.29, 0.717) is 0 Å². The molecule has 8 nitrogen and oxygen atoms in total. The first-order valence-electron chi connectivity index (χ1n) is 6.51. The van der Waals surface area contributed by atoms with Gasteiger partial charge in [0.25, 0.3) is 5.56 Å². The Morgan fingerprint density at radius 3 is 2.38 bits per heavy atom. The van der Waals surface area contributed by atoms with E-state index in [1.807, 2.05) is 6.92 Å². The van der Waals surface area contributed by atoms with Crippen LogP contribution in [0, 0.1) is 11.8 Å². The van der Waals surface area contributed by atoms with Gasteiger partial charge < -0.3 is 10.5 Å². The first kappa shape index (κ1) is 15.0. The summed E-state index contributed by atoms with van der Waals surface area (Å²) >= 11 is 0. The summed E-state index contributed by atoms with van der Waals surface area (Å²) in [5, 5.41) is 0. The van der Waals surface area contributed by atoms with Gasteiger partial charge in [-0.05, 0) is 12.3 Å². The van der Waals surface area contributed by atoms with Gasteiger partial charge in [-0.25, -0.2) is 4.79 Å². The van der Waals surface area contributed by atoms with Gasteiger partial charge >= 0.3 is 11.7 Å². The van der Waals surface area contributed by atoms with Crippen LogP contribution in [0.25, 0.3) is 0 Å². The second-order valence-corrected chi connectivity index (χ2v) is 5.32. The molecule has 21 heavy (non-hydrogen) atoms. The highest BCUT2D eigenvalue weighted by Gasteiger charge is 2.40. The molecule has 1 fully saturated rings. The number of hydrogen-bond acceptors (Lipinski definition) is 6. The molecule has 1 aliphatic carbocycles. The standard InChI is InChI=1S/C13H17N3O5/c1-6-4-7(6)12(19)21-5-8(17)9-10(14)15(2)13(20)16(3)11(9)18/h6-7H,4-5,14H2,1-3H3/t6-,7+/m1/s1. The minimum absolute atomic E-state index is 0.168. The number of carbonyl (C=O) groups is 2. The van der Waals surface area contributed by atoms with Crippen LogP contribution in [0.3, 0.4) is 0 Å². The summed E-state index contributed by atoms with van der Waals surface area (Å²) in [5.74, 6) is -1.30. The van der Waals surface area contributed by atoms with Crippen molar-refractivity contribution in [1.82, 2.24) is 9.13 Å². The number of nitrogen functional groups attached to an aromatic ring is 1. The van der Waals surface area contributed by atoms with E-state index >= 15 is 0 Å². The van der Waals surface area contributed by atoms with Crippen LogP contribution < -0.4 is 17.0 Å². The molecule has 2 rings (SSSR count). The van der Waals surface area contributed by atoms with E-state index in [1.165, 1.54) is 14.1 Å². The van der Waals surface area contributed by atoms with Crippen molar-refractivity contribution in [3.05, 3.63) is 26.4 Å². The molecule has 1 heterocycles.